The van der Waals surface area contributed by atoms with Crippen molar-refractivity contribution in [2.45, 2.75) is 26.8 Å². The average molecular weight is 551 g/mol. The minimum atomic E-state index is -0.424. The molecule has 11 nitrogen and oxygen atoms in total. The van der Waals surface area contributed by atoms with Gasteiger partial charge in [0.15, 0.2) is 11.6 Å². The van der Waals surface area contributed by atoms with Crippen LogP contribution in [0.25, 0.3) is 22.6 Å². The zero-order chi connectivity index (χ0) is 28.9. The SMILES string of the molecule is C/N=C\c1nc(Nc2cc(C)nc(-c3ccc(C(=O)NC(C)c4ccc(-c5cc(F)cnc5C)nc4)nc3)n2)c[nH]1. The summed E-state index contributed by atoms with van der Waals surface area (Å²) in [5.41, 5.74) is 4.35. The zero-order valence-corrected chi connectivity index (χ0v) is 22.8. The molecule has 0 saturated carbocycles. The number of pyridine rings is 3. The maximum atomic E-state index is 13.6. The Balaban J connectivity index is 1.25. The average Bonchev–Trinajstić information content (AvgIpc) is 3.41. The van der Waals surface area contributed by atoms with E-state index in [2.05, 4.69) is 50.5 Å². The highest BCUT2D eigenvalue weighted by molar-refractivity contribution is 5.92. The maximum absolute atomic E-state index is 13.6. The van der Waals surface area contributed by atoms with Gasteiger partial charge in [-0.1, -0.05) is 6.07 Å². The highest BCUT2D eigenvalue weighted by Crippen LogP contribution is 2.23. The molecule has 0 bridgehead atoms. The maximum Gasteiger partial charge on any atom is 0.270 e. The lowest BCUT2D eigenvalue weighted by molar-refractivity contribution is 0.0935. The molecule has 1 unspecified atom stereocenters. The third-order valence-corrected chi connectivity index (χ3v) is 6.18. The normalized spacial score (nSPS) is 11.9. The molecule has 1 amide bonds. The van der Waals surface area contributed by atoms with E-state index in [0.29, 0.717) is 45.8 Å². The van der Waals surface area contributed by atoms with Crippen LogP contribution in [-0.2, 0) is 0 Å². The number of hydrogen-bond donors (Lipinski definition) is 3. The Morgan fingerprint density at radius 2 is 1.85 bits per heavy atom. The van der Waals surface area contributed by atoms with Crippen LogP contribution in [0, 0.1) is 19.7 Å². The van der Waals surface area contributed by atoms with Gasteiger partial charge in [0.1, 0.15) is 23.1 Å². The second kappa shape index (κ2) is 11.8. The first-order valence-electron chi connectivity index (χ1n) is 12.7. The van der Waals surface area contributed by atoms with Crippen LogP contribution in [0.1, 0.15) is 46.2 Å². The Hall–Kier alpha value is -5.39. The van der Waals surface area contributed by atoms with Crippen LogP contribution in [-0.4, -0.2) is 54.1 Å². The fraction of sp³-hybridized carbons (Fsp3) is 0.172. The molecule has 5 rings (SSSR count). The van der Waals surface area contributed by atoms with Gasteiger partial charge in [-0.15, -0.1) is 0 Å². The van der Waals surface area contributed by atoms with Crippen molar-refractivity contribution in [2.24, 2.45) is 4.99 Å². The number of carbonyl (C=O) groups is 1. The molecule has 0 spiro atoms. The lowest BCUT2D eigenvalue weighted by atomic mass is 10.1. The molecule has 0 radical (unpaired) electrons. The number of anilines is 2. The number of aromatic amines is 1. The number of H-pyrrole nitrogens is 1. The summed E-state index contributed by atoms with van der Waals surface area (Å²) in [6.07, 6.45) is 7.73. The number of hydrogen-bond acceptors (Lipinski definition) is 9. The Bertz CT molecular complexity index is 1720. The summed E-state index contributed by atoms with van der Waals surface area (Å²) in [6, 6.07) is 9.88. The van der Waals surface area contributed by atoms with E-state index < -0.39 is 5.82 Å². The number of nitrogens with zero attached hydrogens (tertiary/aromatic N) is 7. The van der Waals surface area contributed by atoms with E-state index in [1.54, 1.807) is 63.0 Å². The molecule has 206 valence electrons. The number of halogens is 1. The Labute approximate surface area is 235 Å². The van der Waals surface area contributed by atoms with Gasteiger partial charge in [0.05, 0.1) is 24.1 Å². The van der Waals surface area contributed by atoms with Gasteiger partial charge < -0.3 is 15.6 Å². The molecule has 0 saturated heterocycles. The first-order chi connectivity index (χ1) is 19.8. The molecule has 0 aliphatic rings. The van der Waals surface area contributed by atoms with Crippen LogP contribution < -0.4 is 10.6 Å². The molecule has 41 heavy (non-hydrogen) atoms. The van der Waals surface area contributed by atoms with Crippen molar-refractivity contribution in [3.05, 3.63) is 95.5 Å². The quantitative estimate of drug-likeness (QED) is 0.234. The summed E-state index contributed by atoms with van der Waals surface area (Å²) in [4.78, 5) is 46.1. The number of aliphatic imine (C=N–C) groups is 1. The van der Waals surface area contributed by atoms with E-state index in [-0.39, 0.29) is 17.6 Å². The van der Waals surface area contributed by atoms with Crippen LogP contribution in [0.5, 0.6) is 0 Å². The topological polar surface area (TPSA) is 147 Å². The summed E-state index contributed by atoms with van der Waals surface area (Å²) in [5, 5.41) is 6.09. The van der Waals surface area contributed by atoms with Crippen LogP contribution >= 0.6 is 0 Å². The molecule has 5 heterocycles. The van der Waals surface area contributed by atoms with Crippen molar-refractivity contribution in [1.82, 2.24) is 40.2 Å². The van der Waals surface area contributed by atoms with Gasteiger partial charge in [-0.2, -0.15) is 0 Å². The molecule has 12 heteroatoms. The molecular formula is C29H27FN10O. The van der Waals surface area contributed by atoms with Gasteiger partial charge in [0.25, 0.3) is 5.91 Å². The first-order valence-corrected chi connectivity index (χ1v) is 12.7. The highest BCUT2D eigenvalue weighted by Gasteiger charge is 2.15. The second-order valence-electron chi connectivity index (χ2n) is 9.29. The Morgan fingerprint density at radius 3 is 2.59 bits per heavy atom. The van der Waals surface area contributed by atoms with Crippen molar-refractivity contribution in [2.75, 3.05) is 12.4 Å². The zero-order valence-electron chi connectivity index (χ0n) is 22.8. The van der Waals surface area contributed by atoms with Crippen LogP contribution in [0.2, 0.25) is 0 Å². The lowest BCUT2D eigenvalue weighted by Gasteiger charge is -2.14. The second-order valence-corrected chi connectivity index (χ2v) is 9.29. The van der Waals surface area contributed by atoms with Crippen LogP contribution in [0.3, 0.4) is 0 Å². The van der Waals surface area contributed by atoms with E-state index in [9.17, 15) is 9.18 Å². The number of rotatable bonds is 8. The molecule has 3 N–H and O–H groups in total. The Morgan fingerprint density at radius 1 is 1.00 bits per heavy atom. The van der Waals surface area contributed by atoms with Gasteiger partial charge in [0.2, 0.25) is 0 Å². The van der Waals surface area contributed by atoms with Crippen LogP contribution in [0.4, 0.5) is 16.0 Å². The highest BCUT2D eigenvalue weighted by atomic mass is 19.1. The molecule has 0 fully saturated rings. The third kappa shape index (κ3) is 6.44. The summed E-state index contributed by atoms with van der Waals surface area (Å²) in [5.74, 6) is 1.48. The monoisotopic (exact) mass is 550 g/mol. The van der Waals surface area contributed by atoms with Gasteiger partial charge in [0, 0.05) is 54.2 Å². The molecular weight excluding hydrogens is 523 g/mol. The Kier molecular flexibility index (Phi) is 7.81. The molecule has 1 atom stereocenters. The molecule has 5 aromatic rings. The number of carbonyl (C=O) groups excluding carboxylic acids is 1. The van der Waals surface area contributed by atoms with Crippen molar-refractivity contribution >= 4 is 23.8 Å². The number of imidazole rings is 1. The van der Waals surface area contributed by atoms with Gasteiger partial charge in [-0.3, -0.25) is 24.7 Å². The fourth-order valence-corrected chi connectivity index (χ4v) is 4.08. The van der Waals surface area contributed by atoms with E-state index in [1.165, 1.54) is 12.3 Å². The predicted molar refractivity (Wildman–Crippen MR) is 153 cm³/mol. The summed E-state index contributed by atoms with van der Waals surface area (Å²) < 4.78 is 13.6. The van der Waals surface area contributed by atoms with Crippen molar-refractivity contribution in [1.29, 1.82) is 0 Å². The van der Waals surface area contributed by atoms with Crippen molar-refractivity contribution in [3.63, 3.8) is 0 Å². The van der Waals surface area contributed by atoms with E-state index in [0.717, 1.165) is 11.3 Å². The lowest BCUT2D eigenvalue weighted by Crippen LogP contribution is -2.27. The third-order valence-electron chi connectivity index (χ3n) is 6.18. The predicted octanol–water partition coefficient (Wildman–Crippen LogP) is 4.76. The summed E-state index contributed by atoms with van der Waals surface area (Å²) in [6.45, 7) is 5.51. The van der Waals surface area contributed by atoms with E-state index >= 15 is 0 Å². The molecule has 0 aliphatic carbocycles. The van der Waals surface area contributed by atoms with Crippen LogP contribution in [0.15, 0.2) is 66.2 Å². The number of amides is 1. The van der Waals surface area contributed by atoms with Gasteiger partial charge in [-0.05, 0) is 50.6 Å². The van der Waals surface area contributed by atoms with E-state index in [1.807, 2.05) is 19.9 Å². The largest absolute Gasteiger partial charge is 0.344 e. The number of aryl methyl sites for hydroxylation is 2. The molecule has 5 aromatic heterocycles. The van der Waals surface area contributed by atoms with Crippen molar-refractivity contribution in [3.8, 4) is 22.6 Å². The van der Waals surface area contributed by atoms with Gasteiger partial charge >= 0.3 is 0 Å². The van der Waals surface area contributed by atoms with Crippen molar-refractivity contribution < 1.29 is 9.18 Å². The fourth-order valence-electron chi connectivity index (χ4n) is 4.08. The number of aromatic nitrogens is 7. The minimum absolute atomic E-state index is 0.249. The smallest absolute Gasteiger partial charge is 0.270 e. The molecule has 0 aliphatic heterocycles. The number of nitrogens with one attached hydrogen (secondary N) is 3. The summed E-state index contributed by atoms with van der Waals surface area (Å²) >= 11 is 0. The first kappa shape index (κ1) is 27.2. The van der Waals surface area contributed by atoms with E-state index in [4.69, 9.17) is 0 Å². The standard InChI is InChI=1S/C29H27FN10O/c1-16-9-25(38-27-15-35-26(39-27)14-31-4)40-28(36-16)20-6-8-24(34-12-20)29(41)37-17(2)19-5-7-23(33-11-19)22-10-21(30)13-32-18(22)3/h5-15,17H,1-4H3,(H,35,39)(H,37,41)(H,36,38,40)/b31-14-. The van der Waals surface area contributed by atoms with Gasteiger partial charge in [-0.25, -0.2) is 19.3 Å². The summed E-state index contributed by atoms with van der Waals surface area (Å²) in [7, 11) is 1.67. The minimum Gasteiger partial charge on any atom is -0.344 e. The molecule has 0 aromatic carbocycles.